The van der Waals surface area contributed by atoms with Gasteiger partial charge in [0.2, 0.25) is 0 Å². The third-order valence-electron chi connectivity index (χ3n) is 4.89. The van der Waals surface area contributed by atoms with Gasteiger partial charge in [-0.05, 0) is 44.1 Å². The fourth-order valence-corrected chi connectivity index (χ4v) is 3.55. The van der Waals surface area contributed by atoms with Crippen molar-refractivity contribution in [2.75, 3.05) is 25.0 Å². The van der Waals surface area contributed by atoms with Crippen molar-refractivity contribution in [2.45, 2.75) is 18.9 Å². The van der Waals surface area contributed by atoms with Crippen LogP contribution in [0.5, 0.6) is 0 Å². The number of benzene rings is 1. The predicted molar refractivity (Wildman–Crippen MR) is 99.8 cm³/mol. The minimum atomic E-state index is -0.494. The lowest BCUT2D eigenvalue weighted by atomic mass is 10.1. The van der Waals surface area contributed by atoms with Crippen LogP contribution in [0.25, 0.3) is 10.9 Å². The van der Waals surface area contributed by atoms with Gasteiger partial charge < -0.3 is 14.7 Å². The number of hydrogen-bond acceptors (Lipinski definition) is 7. The number of furan rings is 1. The molecule has 1 fully saturated rings. The van der Waals surface area contributed by atoms with Crippen molar-refractivity contribution in [3.63, 3.8) is 0 Å². The number of likely N-dealkylation sites (tertiary alicyclic amines) is 1. The number of rotatable bonds is 6. The number of nitrogens with zero attached hydrogens (tertiary/aromatic N) is 3. The van der Waals surface area contributed by atoms with Crippen LogP contribution < -0.4 is 10.9 Å². The largest absolute Gasteiger partial charge is 0.468 e. The summed E-state index contributed by atoms with van der Waals surface area (Å²) in [5, 5.41) is 14.9. The third-order valence-corrected chi connectivity index (χ3v) is 4.89. The van der Waals surface area contributed by atoms with Crippen molar-refractivity contribution in [1.82, 2.24) is 14.9 Å². The number of aromatic amines is 1. The summed E-state index contributed by atoms with van der Waals surface area (Å²) in [6, 6.07) is 6.55. The van der Waals surface area contributed by atoms with Gasteiger partial charge in [-0.3, -0.25) is 19.8 Å². The lowest BCUT2D eigenvalue weighted by molar-refractivity contribution is -0.383. The summed E-state index contributed by atoms with van der Waals surface area (Å²) in [7, 11) is 0. The normalized spacial score (nSPS) is 15.9. The van der Waals surface area contributed by atoms with E-state index in [4.69, 9.17) is 4.42 Å². The van der Waals surface area contributed by atoms with Gasteiger partial charge in [-0.2, -0.15) is 0 Å². The van der Waals surface area contributed by atoms with E-state index in [0.29, 0.717) is 17.7 Å². The van der Waals surface area contributed by atoms with Gasteiger partial charge in [-0.1, -0.05) is 0 Å². The van der Waals surface area contributed by atoms with E-state index < -0.39 is 10.5 Å². The Hall–Kier alpha value is -3.20. The molecule has 140 valence electrons. The molecule has 1 aromatic carbocycles. The summed E-state index contributed by atoms with van der Waals surface area (Å²) in [4.78, 5) is 31.8. The van der Waals surface area contributed by atoms with Crippen LogP contribution in [-0.4, -0.2) is 39.4 Å². The maximum atomic E-state index is 11.9. The Labute approximate surface area is 154 Å². The summed E-state index contributed by atoms with van der Waals surface area (Å²) in [6.45, 7) is 2.37. The Balaban J connectivity index is 1.66. The van der Waals surface area contributed by atoms with Gasteiger partial charge in [-0.25, -0.2) is 4.98 Å². The van der Waals surface area contributed by atoms with Gasteiger partial charge >= 0.3 is 0 Å². The molecule has 1 unspecified atom stereocenters. The van der Waals surface area contributed by atoms with Crippen molar-refractivity contribution in [1.29, 1.82) is 0 Å². The number of nitro groups is 1. The van der Waals surface area contributed by atoms with Crippen LogP contribution in [-0.2, 0) is 0 Å². The zero-order valence-electron chi connectivity index (χ0n) is 14.6. The number of hydrogen-bond donors (Lipinski definition) is 2. The van der Waals surface area contributed by atoms with Crippen LogP contribution in [0.4, 0.5) is 11.4 Å². The van der Waals surface area contributed by atoms with E-state index >= 15 is 0 Å². The molecular weight excluding hydrogens is 350 g/mol. The highest BCUT2D eigenvalue weighted by Gasteiger charge is 2.26. The molecular formula is C18H19N5O4. The fraction of sp³-hybridized carbons (Fsp3) is 0.333. The standard InChI is InChI=1S/C18H19N5O4/c24-18-12-8-15(23(25)26)14(9-13(12)20-11-21-18)19-10-16(17-4-3-7-27-17)22-5-1-2-6-22/h3-4,7-9,11,16,19H,1-2,5-6,10H2,(H,20,21,24). The quantitative estimate of drug-likeness (QED) is 0.506. The molecule has 0 spiro atoms. The first kappa shape index (κ1) is 17.2. The number of nitro benzene ring substituents is 1. The zero-order valence-corrected chi connectivity index (χ0v) is 14.6. The van der Waals surface area contributed by atoms with Crippen molar-refractivity contribution in [2.24, 2.45) is 0 Å². The van der Waals surface area contributed by atoms with Crippen LogP contribution in [0.3, 0.4) is 0 Å². The van der Waals surface area contributed by atoms with Gasteiger partial charge in [0.05, 0.1) is 34.5 Å². The molecule has 0 radical (unpaired) electrons. The number of nitrogens with one attached hydrogen (secondary N) is 2. The first-order valence-electron chi connectivity index (χ1n) is 8.80. The van der Waals surface area contributed by atoms with Gasteiger partial charge in [0, 0.05) is 12.6 Å². The molecule has 0 saturated carbocycles. The summed E-state index contributed by atoms with van der Waals surface area (Å²) < 4.78 is 5.59. The summed E-state index contributed by atoms with van der Waals surface area (Å²) in [6.07, 6.45) is 5.17. The van der Waals surface area contributed by atoms with Gasteiger partial charge in [0.25, 0.3) is 11.2 Å². The molecule has 27 heavy (non-hydrogen) atoms. The maximum Gasteiger partial charge on any atom is 0.293 e. The Bertz CT molecular complexity index is 1010. The van der Waals surface area contributed by atoms with Crippen LogP contribution in [0.15, 0.2) is 46.1 Å². The van der Waals surface area contributed by atoms with E-state index in [9.17, 15) is 14.9 Å². The first-order valence-corrected chi connectivity index (χ1v) is 8.80. The Morgan fingerprint density at radius 1 is 1.37 bits per heavy atom. The fourth-order valence-electron chi connectivity index (χ4n) is 3.55. The average molecular weight is 369 g/mol. The van der Waals surface area contributed by atoms with E-state index in [1.807, 2.05) is 12.1 Å². The molecule has 3 aromatic rings. The highest BCUT2D eigenvalue weighted by atomic mass is 16.6. The first-order chi connectivity index (χ1) is 13.1. The minimum absolute atomic E-state index is 0.0232. The summed E-state index contributed by atoms with van der Waals surface area (Å²) >= 11 is 0. The lowest BCUT2D eigenvalue weighted by Crippen LogP contribution is -2.30. The molecule has 2 N–H and O–H groups in total. The Morgan fingerprint density at radius 2 is 2.19 bits per heavy atom. The molecule has 0 aliphatic carbocycles. The van der Waals surface area contributed by atoms with E-state index in [1.165, 1.54) is 12.4 Å². The monoisotopic (exact) mass is 369 g/mol. The van der Waals surface area contributed by atoms with Crippen molar-refractivity contribution < 1.29 is 9.34 Å². The van der Waals surface area contributed by atoms with E-state index in [-0.39, 0.29) is 17.1 Å². The van der Waals surface area contributed by atoms with Gasteiger partial charge in [0.1, 0.15) is 11.4 Å². The van der Waals surface area contributed by atoms with E-state index in [1.54, 1.807) is 12.3 Å². The van der Waals surface area contributed by atoms with Crippen LogP contribution in [0.1, 0.15) is 24.6 Å². The van der Waals surface area contributed by atoms with Crippen LogP contribution in [0.2, 0.25) is 0 Å². The molecule has 0 bridgehead atoms. The molecule has 2 aromatic heterocycles. The number of anilines is 1. The number of aromatic nitrogens is 2. The van der Waals surface area contributed by atoms with Crippen LogP contribution in [0, 0.1) is 10.1 Å². The molecule has 1 saturated heterocycles. The Kier molecular flexibility index (Phi) is 4.59. The number of fused-ring (bicyclic) bond motifs is 1. The highest BCUT2D eigenvalue weighted by Crippen LogP contribution is 2.30. The molecule has 0 amide bonds. The molecule has 3 heterocycles. The topological polar surface area (TPSA) is 117 Å². The van der Waals surface area contributed by atoms with E-state index in [2.05, 4.69) is 20.2 Å². The summed E-state index contributed by atoms with van der Waals surface area (Å²) in [5.41, 5.74) is 0.185. The lowest BCUT2D eigenvalue weighted by Gasteiger charge is -2.26. The smallest absolute Gasteiger partial charge is 0.293 e. The summed E-state index contributed by atoms with van der Waals surface area (Å²) in [5.74, 6) is 0.822. The maximum absolute atomic E-state index is 11.9. The van der Waals surface area contributed by atoms with Crippen LogP contribution >= 0.6 is 0 Å². The molecule has 4 rings (SSSR count). The predicted octanol–water partition coefficient (Wildman–Crippen LogP) is 2.67. The van der Waals surface area contributed by atoms with Crippen molar-refractivity contribution in [3.8, 4) is 0 Å². The molecule has 1 aliphatic rings. The molecule has 9 heteroatoms. The van der Waals surface area contributed by atoms with Gasteiger partial charge in [-0.15, -0.1) is 0 Å². The van der Waals surface area contributed by atoms with E-state index in [0.717, 1.165) is 31.7 Å². The Morgan fingerprint density at radius 3 is 2.89 bits per heavy atom. The zero-order chi connectivity index (χ0) is 18.8. The SMILES string of the molecule is O=c1[nH]cnc2cc(NCC(c3ccco3)N3CCCC3)c([N+](=O)[O-])cc12. The second-order valence-corrected chi connectivity index (χ2v) is 6.53. The average Bonchev–Trinajstić information content (AvgIpc) is 3.36. The molecule has 1 atom stereocenters. The molecule has 1 aliphatic heterocycles. The van der Waals surface area contributed by atoms with Crippen molar-refractivity contribution >= 4 is 22.3 Å². The van der Waals surface area contributed by atoms with Crippen molar-refractivity contribution in [3.05, 3.63) is 63.1 Å². The second-order valence-electron chi connectivity index (χ2n) is 6.53. The minimum Gasteiger partial charge on any atom is -0.468 e. The second kappa shape index (κ2) is 7.20. The highest BCUT2D eigenvalue weighted by molar-refractivity contribution is 5.86. The number of H-pyrrole nitrogens is 1. The third kappa shape index (κ3) is 3.41. The molecule has 9 nitrogen and oxygen atoms in total. The van der Waals surface area contributed by atoms with Gasteiger partial charge in [0.15, 0.2) is 0 Å².